The summed E-state index contributed by atoms with van der Waals surface area (Å²) in [6, 6.07) is 5.58. The molecule has 0 unspecified atom stereocenters. The minimum atomic E-state index is -4.67. The van der Waals surface area contributed by atoms with Crippen LogP contribution in [0.5, 0.6) is 0 Å². The molecule has 0 spiro atoms. The molecule has 1 fully saturated rings. The zero-order chi connectivity index (χ0) is 19.4. The number of anilines is 2. The normalized spacial score (nSPS) is 15.3. The molecule has 2 aromatic rings. The lowest BCUT2D eigenvalue weighted by atomic mass is 10.1. The average Bonchev–Trinajstić information content (AvgIpc) is 3.10. The van der Waals surface area contributed by atoms with E-state index in [0.29, 0.717) is 44.0 Å². The first kappa shape index (κ1) is 18.7. The third-order valence-corrected chi connectivity index (χ3v) is 3.83. The maximum Gasteiger partial charge on any atom is 0.416 e. The van der Waals surface area contributed by atoms with Gasteiger partial charge in [0.15, 0.2) is 5.88 Å². The maximum absolute atomic E-state index is 12.7. The van der Waals surface area contributed by atoms with Crippen molar-refractivity contribution in [3.05, 3.63) is 51.8 Å². The van der Waals surface area contributed by atoms with Crippen molar-refractivity contribution in [3.63, 3.8) is 0 Å². The molecule has 11 heteroatoms. The van der Waals surface area contributed by atoms with E-state index in [1.165, 1.54) is 6.21 Å². The van der Waals surface area contributed by atoms with E-state index >= 15 is 0 Å². The van der Waals surface area contributed by atoms with Crippen molar-refractivity contribution in [2.24, 2.45) is 5.10 Å². The Kier molecular flexibility index (Phi) is 5.31. The zero-order valence-electron chi connectivity index (χ0n) is 13.9. The van der Waals surface area contributed by atoms with Gasteiger partial charge in [-0.05, 0) is 18.2 Å². The Hall–Kier alpha value is -3.08. The number of benzene rings is 1. The first-order valence-corrected chi connectivity index (χ1v) is 7.92. The van der Waals surface area contributed by atoms with E-state index in [1.54, 1.807) is 12.1 Å². The highest BCUT2D eigenvalue weighted by molar-refractivity contribution is 5.78. The van der Waals surface area contributed by atoms with Crippen LogP contribution in [0.1, 0.15) is 11.3 Å². The molecular weight excluding hydrogens is 369 g/mol. The molecule has 1 aliphatic heterocycles. The molecule has 0 bridgehead atoms. The van der Waals surface area contributed by atoms with E-state index in [4.69, 9.17) is 9.15 Å². The summed E-state index contributed by atoms with van der Waals surface area (Å²) in [5.41, 5.74) is 0.382. The summed E-state index contributed by atoms with van der Waals surface area (Å²) in [6.07, 6.45) is -3.39. The average molecular weight is 384 g/mol. The molecule has 1 aromatic heterocycles. The number of nitro groups is 1. The summed E-state index contributed by atoms with van der Waals surface area (Å²) < 4.78 is 48.9. The highest BCUT2D eigenvalue weighted by Gasteiger charge is 2.33. The molecule has 0 amide bonds. The number of ether oxygens (including phenoxy) is 1. The minimum absolute atomic E-state index is 0.163. The van der Waals surface area contributed by atoms with Crippen LogP contribution < -0.4 is 10.3 Å². The third kappa shape index (κ3) is 4.56. The quantitative estimate of drug-likeness (QED) is 0.482. The summed E-state index contributed by atoms with van der Waals surface area (Å²) in [6.45, 7) is 2.59. The smallest absolute Gasteiger partial charge is 0.416 e. The van der Waals surface area contributed by atoms with E-state index in [0.717, 1.165) is 12.1 Å². The second-order valence-corrected chi connectivity index (χ2v) is 5.63. The molecular formula is C16H15F3N4O4. The fourth-order valence-electron chi connectivity index (χ4n) is 2.48. The highest BCUT2D eigenvalue weighted by Crippen LogP contribution is 2.34. The fraction of sp³-hybridized carbons (Fsp3) is 0.312. The van der Waals surface area contributed by atoms with Gasteiger partial charge < -0.3 is 14.1 Å². The predicted molar refractivity (Wildman–Crippen MR) is 91.1 cm³/mol. The Morgan fingerprint density at radius 2 is 1.96 bits per heavy atom. The van der Waals surface area contributed by atoms with Crippen molar-refractivity contribution in [2.75, 3.05) is 36.6 Å². The Morgan fingerprint density at radius 3 is 2.63 bits per heavy atom. The molecule has 1 saturated heterocycles. The standard InChI is InChI=1S/C16H15F3N4O4/c17-16(18,19)11-1-3-13(14(9-11)23(24)25)21-20-10-12-2-4-15(27-12)22-5-7-26-8-6-22/h1-4,9-10,21H,5-8H2/b20-10-. The topological polar surface area (TPSA) is 93.1 Å². The largest absolute Gasteiger partial charge is 0.440 e. The number of morpholine rings is 1. The maximum atomic E-state index is 12.7. The lowest BCUT2D eigenvalue weighted by Crippen LogP contribution is -2.35. The van der Waals surface area contributed by atoms with E-state index in [-0.39, 0.29) is 5.69 Å². The molecule has 0 saturated carbocycles. The molecule has 1 N–H and O–H groups in total. The van der Waals surface area contributed by atoms with Crippen LogP contribution in [0.4, 0.5) is 30.4 Å². The van der Waals surface area contributed by atoms with Crippen LogP contribution in [0.3, 0.4) is 0 Å². The summed E-state index contributed by atoms with van der Waals surface area (Å²) in [5, 5.41) is 14.8. The minimum Gasteiger partial charge on any atom is -0.440 e. The van der Waals surface area contributed by atoms with Gasteiger partial charge in [0.25, 0.3) is 5.69 Å². The van der Waals surface area contributed by atoms with Gasteiger partial charge in [0, 0.05) is 25.2 Å². The van der Waals surface area contributed by atoms with Gasteiger partial charge in [-0.2, -0.15) is 18.3 Å². The predicted octanol–water partition coefficient (Wildman–Crippen LogP) is 3.49. The number of hydrogen-bond donors (Lipinski definition) is 1. The van der Waals surface area contributed by atoms with Crippen LogP contribution in [0.25, 0.3) is 0 Å². The lowest BCUT2D eigenvalue weighted by molar-refractivity contribution is -0.384. The van der Waals surface area contributed by atoms with Crippen LogP contribution in [0, 0.1) is 10.1 Å². The van der Waals surface area contributed by atoms with Crippen molar-refractivity contribution >= 4 is 23.5 Å². The number of furan rings is 1. The number of halogens is 3. The van der Waals surface area contributed by atoms with Crippen molar-refractivity contribution in [1.29, 1.82) is 0 Å². The van der Waals surface area contributed by atoms with Gasteiger partial charge in [0.1, 0.15) is 11.4 Å². The number of nitro benzene ring substituents is 1. The molecule has 2 heterocycles. The van der Waals surface area contributed by atoms with Crippen molar-refractivity contribution < 1.29 is 27.2 Å². The third-order valence-electron chi connectivity index (χ3n) is 3.83. The monoisotopic (exact) mass is 384 g/mol. The number of nitrogens with one attached hydrogen (secondary N) is 1. The molecule has 0 radical (unpaired) electrons. The van der Waals surface area contributed by atoms with E-state index in [2.05, 4.69) is 10.5 Å². The number of nitrogens with zero attached hydrogens (tertiary/aromatic N) is 3. The van der Waals surface area contributed by atoms with Crippen molar-refractivity contribution in [1.82, 2.24) is 0 Å². The number of hydrogen-bond acceptors (Lipinski definition) is 7. The SMILES string of the molecule is O=[N+]([O-])c1cc(C(F)(F)F)ccc1N/N=C\c1ccc(N2CCOCC2)o1. The van der Waals surface area contributed by atoms with E-state index in [1.807, 2.05) is 4.90 Å². The second-order valence-electron chi connectivity index (χ2n) is 5.63. The number of hydrazone groups is 1. The fourth-order valence-corrected chi connectivity index (χ4v) is 2.48. The van der Waals surface area contributed by atoms with Gasteiger partial charge >= 0.3 is 6.18 Å². The molecule has 144 valence electrons. The molecule has 3 rings (SSSR count). The van der Waals surface area contributed by atoms with Gasteiger partial charge in [-0.15, -0.1) is 0 Å². The second kappa shape index (κ2) is 7.66. The summed E-state index contributed by atoms with van der Waals surface area (Å²) in [7, 11) is 0. The molecule has 27 heavy (non-hydrogen) atoms. The van der Waals surface area contributed by atoms with Crippen LogP contribution in [-0.2, 0) is 10.9 Å². The Labute approximate surface area is 151 Å². The summed E-state index contributed by atoms with van der Waals surface area (Å²) in [4.78, 5) is 12.1. The lowest BCUT2D eigenvalue weighted by Gasteiger charge is -2.26. The van der Waals surface area contributed by atoms with Gasteiger partial charge in [-0.25, -0.2) is 0 Å². The molecule has 0 aliphatic carbocycles. The summed E-state index contributed by atoms with van der Waals surface area (Å²) in [5.74, 6) is 1.03. The number of alkyl halides is 3. The van der Waals surface area contributed by atoms with Crippen LogP contribution in [0.15, 0.2) is 39.9 Å². The van der Waals surface area contributed by atoms with E-state index in [9.17, 15) is 23.3 Å². The molecule has 0 atom stereocenters. The Balaban J connectivity index is 1.71. The van der Waals surface area contributed by atoms with Gasteiger partial charge in [0.2, 0.25) is 0 Å². The molecule has 1 aliphatic rings. The first-order valence-electron chi connectivity index (χ1n) is 7.92. The van der Waals surface area contributed by atoms with Crippen LogP contribution in [0.2, 0.25) is 0 Å². The van der Waals surface area contributed by atoms with Gasteiger partial charge in [-0.3, -0.25) is 15.5 Å². The van der Waals surface area contributed by atoms with Crippen molar-refractivity contribution in [3.8, 4) is 0 Å². The molecule has 8 nitrogen and oxygen atoms in total. The van der Waals surface area contributed by atoms with Gasteiger partial charge in [0.05, 0.1) is 29.9 Å². The summed E-state index contributed by atoms with van der Waals surface area (Å²) >= 11 is 0. The van der Waals surface area contributed by atoms with Gasteiger partial charge in [-0.1, -0.05) is 0 Å². The molecule has 1 aromatic carbocycles. The zero-order valence-corrected chi connectivity index (χ0v) is 13.9. The highest BCUT2D eigenvalue weighted by atomic mass is 19.4. The van der Waals surface area contributed by atoms with E-state index < -0.39 is 22.4 Å². The van der Waals surface area contributed by atoms with Crippen molar-refractivity contribution in [2.45, 2.75) is 6.18 Å². The van der Waals surface area contributed by atoms with Crippen LogP contribution in [-0.4, -0.2) is 37.4 Å². The Morgan fingerprint density at radius 1 is 1.22 bits per heavy atom. The van der Waals surface area contributed by atoms with Crippen LogP contribution >= 0.6 is 0 Å². The Bertz CT molecular complexity index is 844. The number of rotatable bonds is 5. The first-order chi connectivity index (χ1) is 12.8.